The molecule has 0 bridgehead atoms. The Morgan fingerprint density at radius 2 is 2.12 bits per heavy atom. The maximum Gasteiger partial charge on any atom is 0.214 e. The van der Waals surface area contributed by atoms with Gasteiger partial charge in [-0.1, -0.05) is 23.9 Å². The highest BCUT2D eigenvalue weighted by molar-refractivity contribution is 7.99. The molecule has 0 radical (unpaired) electrons. The van der Waals surface area contributed by atoms with E-state index in [0.29, 0.717) is 0 Å². The zero-order chi connectivity index (χ0) is 12.1. The van der Waals surface area contributed by atoms with Gasteiger partial charge in [0.05, 0.1) is 5.69 Å². The molecule has 0 aliphatic rings. The lowest BCUT2D eigenvalue weighted by Gasteiger charge is -2.02. The smallest absolute Gasteiger partial charge is 0.214 e. The molecule has 1 aromatic heterocycles. The average Bonchev–Trinajstić information content (AvgIpc) is 2.79. The van der Waals surface area contributed by atoms with Crippen molar-refractivity contribution in [2.45, 2.75) is 12.1 Å². The minimum Gasteiger partial charge on any atom is -0.508 e. The largest absolute Gasteiger partial charge is 0.508 e. The Bertz CT molecular complexity index is 506. The third-order valence-electron chi connectivity index (χ3n) is 2.08. The van der Waals surface area contributed by atoms with E-state index in [1.54, 1.807) is 40.7 Å². The minimum atomic E-state index is 0.227. The summed E-state index contributed by atoms with van der Waals surface area (Å²) in [5.41, 5.74) is 0.829. The highest BCUT2D eigenvalue weighted by Gasteiger charge is 2.07. The molecular formula is C11H12N4OS. The summed E-state index contributed by atoms with van der Waals surface area (Å²) in [6.45, 7) is 1.98. The van der Waals surface area contributed by atoms with Crippen LogP contribution in [0.1, 0.15) is 6.92 Å². The fourth-order valence-corrected chi connectivity index (χ4v) is 2.04. The zero-order valence-electron chi connectivity index (χ0n) is 9.32. The minimum absolute atomic E-state index is 0.227. The Morgan fingerprint density at radius 3 is 2.82 bits per heavy atom. The van der Waals surface area contributed by atoms with Crippen molar-refractivity contribution in [1.82, 2.24) is 20.2 Å². The molecule has 5 nitrogen and oxygen atoms in total. The summed E-state index contributed by atoms with van der Waals surface area (Å²) in [7, 11) is 0. The number of hydrogen-bond acceptors (Lipinski definition) is 5. The number of tetrazole rings is 1. The van der Waals surface area contributed by atoms with Crippen molar-refractivity contribution in [3.8, 4) is 11.4 Å². The van der Waals surface area contributed by atoms with E-state index in [9.17, 15) is 5.11 Å². The third kappa shape index (κ3) is 2.85. The van der Waals surface area contributed by atoms with Gasteiger partial charge in [0.1, 0.15) is 5.75 Å². The number of allylic oxidation sites excluding steroid dienone is 1. The number of nitrogens with zero attached hydrogens (tertiary/aromatic N) is 4. The monoisotopic (exact) mass is 248 g/mol. The number of rotatable bonds is 4. The molecule has 0 saturated heterocycles. The van der Waals surface area contributed by atoms with Crippen molar-refractivity contribution >= 4 is 11.8 Å². The van der Waals surface area contributed by atoms with Crippen LogP contribution in [0.3, 0.4) is 0 Å². The second-order valence-corrected chi connectivity index (χ2v) is 4.26. The molecule has 0 atom stereocenters. The first-order chi connectivity index (χ1) is 8.31. The Kier molecular flexibility index (Phi) is 3.77. The highest BCUT2D eigenvalue weighted by Crippen LogP contribution is 2.19. The number of hydrogen-bond donors (Lipinski definition) is 1. The molecule has 1 aromatic carbocycles. The standard InChI is InChI=1S/C11H12N4OS/c1-2-3-8-17-11-12-13-14-15(11)9-4-6-10(16)7-5-9/h2-7,16H,8H2,1H3/b3-2+. The Hall–Kier alpha value is -1.82. The molecule has 6 heteroatoms. The van der Waals surface area contributed by atoms with E-state index < -0.39 is 0 Å². The van der Waals surface area contributed by atoms with Gasteiger partial charge in [-0.25, -0.2) is 0 Å². The maximum absolute atomic E-state index is 9.22. The number of phenols is 1. The summed E-state index contributed by atoms with van der Waals surface area (Å²) in [6.07, 6.45) is 4.03. The van der Waals surface area contributed by atoms with Crippen molar-refractivity contribution in [1.29, 1.82) is 0 Å². The van der Waals surface area contributed by atoms with Crippen LogP contribution in [0.5, 0.6) is 5.75 Å². The fraction of sp³-hybridized carbons (Fsp3) is 0.182. The topological polar surface area (TPSA) is 63.8 Å². The van der Waals surface area contributed by atoms with E-state index >= 15 is 0 Å². The maximum atomic E-state index is 9.22. The predicted octanol–water partition coefficient (Wildman–Crippen LogP) is 2.04. The van der Waals surface area contributed by atoms with Crippen molar-refractivity contribution in [2.24, 2.45) is 0 Å². The van der Waals surface area contributed by atoms with Gasteiger partial charge in [0, 0.05) is 5.75 Å². The molecule has 0 aliphatic heterocycles. The number of aromatic hydroxyl groups is 1. The quantitative estimate of drug-likeness (QED) is 0.662. The summed E-state index contributed by atoms with van der Waals surface area (Å²) in [4.78, 5) is 0. The molecule has 88 valence electrons. The molecule has 0 spiro atoms. The molecule has 2 aromatic rings. The number of aromatic nitrogens is 4. The van der Waals surface area contributed by atoms with Gasteiger partial charge in [0.15, 0.2) is 0 Å². The number of thioether (sulfide) groups is 1. The molecule has 17 heavy (non-hydrogen) atoms. The third-order valence-corrected chi connectivity index (χ3v) is 2.95. The lowest BCUT2D eigenvalue weighted by atomic mass is 10.3. The molecule has 0 saturated carbocycles. The lowest BCUT2D eigenvalue weighted by molar-refractivity contribution is 0.475. The van der Waals surface area contributed by atoms with Gasteiger partial charge in [-0.05, 0) is 41.6 Å². The van der Waals surface area contributed by atoms with Gasteiger partial charge in [0.2, 0.25) is 5.16 Å². The van der Waals surface area contributed by atoms with Crippen molar-refractivity contribution < 1.29 is 5.11 Å². The van der Waals surface area contributed by atoms with Gasteiger partial charge >= 0.3 is 0 Å². The highest BCUT2D eigenvalue weighted by atomic mass is 32.2. The van der Waals surface area contributed by atoms with Crippen LogP contribution in [0.15, 0.2) is 41.6 Å². The second-order valence-electron chi connectivity index (χ2n) is 3.27. The molecule has 0 amide bonds. The van der Waals surface area contributed by atoms with Gasteiger partial charge in [-0.15, -0.1) is 5.10 Å². The van der Waals surface area contributed by atoms with Crippen molar-refractivity contribution in [2.75, 3.05) is 5.75 Å². The van der Waals surface area contributed by atoms with Crippen LogP contribution in [-0.4, -0.2) is 31.1 Å². The number of benzene rings is 1. The van der Waals surface area contributed by atoms with Gasteiger partial charge in [0.25, 0.3) is 0 Å². The Morgan fingerprint density at radius 1 is 1.35 bits per heavy atom. The summed E-state index contributed by atoms with van der Waals surface area (Å²) < 4.78 is 1.65. The van der Waals surface area contributed by atoms with Crippen LogP contribution >= 0.6 is 11.8 Å². The normalized spacial score (nSPS) is 11.1. The molecule has 2 rings (SSSR count). The van der Waals surface area contributed by atoms with Crippen LogP contribution in [0.2, 0.25) is 0 Å². The van der Waals surface area contributed by atoms with Crippen LogP contribution in [0.4, 0.5) is 0 Å². The molecule has 0 aliphatic carbocycles. The Balaban J connectivity index is 2.21. The molecule has 0 unspecified atom stereocenters. The SMILES string of the molecule is C/C=C/CSc1nnnn1-c1ccc(O)cc1. The molecule has 1 N–H and O–H groups in total. The molecule has 0 fully saturated rings. The molecular weight excluding hydrogens is 236 g/mol. The van der Waals surface area contributed by atoms with Gasteiger partial charge in [-0.2, -0.15) is 4.68 Å². The van der Waals surface area contributed by atoms with E-state index in [0.717, 1.165) is 16.6 Å². The first-order valence-corrected chi connectivity index (χ1v) is 6.11. The van der Waals surface area contributed by atoms with E-state index in [-0.39, 0.29) is 5.75 Å². The summed E-state index contributed by atoms with van der Waals surface area (Å²) in [5.74, 6) is 1.06. The van der Waals surface area contributed by atoms with Gasteiger partial charge < -0.3 is 5.11 Å². The zero-order valence-corrected chi connectivity index (χ0v) is 10.1. The van der Waals surface area contributed by atoms with Gasteiger partial charge in [-0.3, -0.25) is 0 Å². The summed E-state index contributed by atoms with van der Waals surface area (Å²) in [5, 5.41) is 21.5. The Labute approximate surface area is 103 Å². The second kappa shape index (κ2) is 5.49. The van der Waals surface area contributed by atoms with Crippen molar-refractivity contribution in [3.63, 3.8) is 0 Å². The molecule has 1 heterocycles. The van der Waals surface area contributed by atoms with E-state index in [1.807, 2.05) is 19.1 Å². The summed E-state index contributed by atoms with van der Waals surface area (Å²) in [6, 6.07) is 6.76. The van der Waals surface area contributed by atoms with E-state index in [4.69, 9.17) is 0 Å². The predicted molar refractivity (Wildman–Crippen MR) is 66.4 cm³/mol. The average molecular weight is 248 g/mol. The van der Waals surface area contributed by atoms with Crippen LogP contribution < -0.4 is 0 Å². The fourth-order valence-electron chi connectivity index (χ4n) is 1.24. The summed E-state index contributed by atoms with van der Waals surface area (Å²) >= 11 is 1.55. The van der Waals surface area contributed by atoms with E-state index in [1.165, 1.54) is 0 Å². The van der Waals surface area contributed by atoms with Crippen molar-refractivity contribution in [3.05, 3.63) is 36.4 Å². The number of phenolic OH excluding ortho intramolecular Hbond substituents is 1. The van der Waals surface area contributed by atoms with Crippen LogP contribution in [0, 0.1) is 0 Å². The first-order valence-electron chi connectivity index (χ1n) is 5.13. The first kappa shape index (κ1) is 11.7. The lowest BCUT2D eigenvalue weighted by Crippen LogP contribution is -1.98. The van der Waals surface area contributed by atoms with Crippen LogP contribution in [-0.2, 0) is 0 Å². The van der Waals surface area contributed by atoms with Crippen LogP contribution in [0.25, 0.3) is 5.69 Å². The van der Waals surface area contributed by atoms with E-state index in [2.05, 4.69) is 15.5 Å².